The molecule has 1 aromatic rings. The summed E-state index contributed by atoms with van der Waals surface area (Å²) in [6.45, 7) is 1.15. The molecule has 96 valence electrons. The van der Waals surface area contributed by atoms with Crippen LogP contribution < -0.4 is 0 Å². The largest absolute Gasteiger partial charge is 0.508 e. The molecule has 0 bridgehead atoms. The van der Waals surface area contributed by atoms with E-state index in [0.717, 1.165) is 0 Å². The SMILES string of the molecule is COC(=O)c1cc(O)cc(CN2CCOC2=O)c1. The normalized spacial score (nSPS) is 14.5. The number of esters is 1. The summed E-state index contributed by atoms with van der Waals surface area (Å²) in [4.78, 5) is 24.2. The minimum absolute atomic E-state index is 0.0412. The first-order valence-electron chi connectivity index (χ1n) is 5.43. The quantitative estimate of drug-likeness (QED) is 0.815. The fourth-order valence-electron chi connectivity index (χ4n) is 1.79. The summed E-state index contributed by atoms with van der Waals surface area (Å²) in [6, 6.07) is 4.40. The molecule has 1 aliphatic rings. The van der Waals surface area contributed by atoms with Crippen LogP contribution in [-0.2, 0) is 16.0 Å². The number of benzene rings is 1. The van der Waals surface area contributed by atoms with Gasteiger partial charge in [-0.1, -0.05) is 0 Å². The van der Waals surface area contributed by atoms with Gasteiger partial charge in [-0.2, -0.15) is 0 Å². The van der Waals surface area contributed by atoms with Gasteiger partial charge in [-0.05, 0) is 23.8 Å². The highest BCUT2D eigenvalue weighted by Crippen LogP contribution is 2.19. The predicted octanol–water partition coefficient (Wildman–Crippen LogP) is 1.13. The van der Waals surface area contributed by atoms with Crippen molar-refractivity contribution in [3.63, 3.8) is 0 Å². The summed E-state index contributed by atoms with van der Waals surface area (Å²) in [5, 5.41) is 9.54. The van der Waals surface area contributed by atoms with Gasteiger partial charge in [0.05, 0.1) is 19.2 Å². The Kier molecular flexibility index (Phi) is 3.36. The Labute approximate surface area is 104 Å². The lowest BCUT2D eigenvalue weighted by Crippen LogP contribution is -2.23. The first-order chi connectivity index (χ1) is 8.60. The maximum absolute atomic E-state index is 11.4. The third-order valence-electron chi connectivity index (χ3n) is 2.62. The number of methoxy groups -OCH3 is 1. The summed E-state index contributed by atoms with van der Waals surface area (Å²) in [6.07, 6.45) is -0.391. The summed E-state index contributed by atoms with van der Waals surface area (Å²) < 4.78 is 9.38. The number of amides is 1. The van der Waals surface area contributed by atoms with Gasteiger partial charge in [0.15, 0.2) is 0 Å². The van der Waals surface area contributed by atoms with E-state index in [1.54, 1.807) is 6.07 Å². The van der Waals surface area contributed by atoms with Gasteiger partial charge in [0, 0.05) is 6.54 Å². The lowest BCUT2D eigenvalue weighted by Gasteiger charge is -2.13. The number of ether oxygens (including phenoxy) is 2. The van der Waals surface area contributed by atoms with E-state index in [2.05, 4.69) is 4.74 Å². The zero-order valence-electron chi connectivity index (χ0n) is 9.88. The number of hydrogen-bond acceptors (Lipinski definition) is 5. The molecule has 18 heavy (non-hydrogen) atoms. The van der Waals surface area contributed by atoms with Gasteiger partial charge in [0.1, 0.15) is 12.4 Å². The van der Waals surface area contributed by atoms with Gasteiger partial charge in [-0.15, -0.1) is 0 Å². The molecule has 0 aliphatic carbocycles. The lowest BCUT2D eigenvalue weighted by atomic mass is 10.1. The molecule has 1 heterocycles. The number of carbonyl (C=O) groups excluding carboxylic acids is 2. The van der Waals surface area contributed by atoms with Crippen LogP contribution in [0.5, 0.6) is 5.75 Å². The zero-order chi connectivity index (χ0) is 13.1. The third-order valence-corrected chi connectivity index (χ3v) is 2.62. The topological polar surface area (TPSA) is 76.1 Å². The average molecular weight is 251 g/mol. The molecule has 1 N–H and O–H groups in total. The summed E-state index contributed by atoms with van der Waals surface area (Å²) in [5.74, 6) is -0.573. The molecule has 1 aromatic carbocycles. The van der Waals surface area contributed by atoms with Crippen molar-refractivity contribution in [2.24, 2.45) is 0 Å². The van der Waals surface area contributed by atoms with Crippen molar-refractivity contribution in [3.8, 4) is 5.75 Å². The van der Waals surface area contributed by atoms with Crippen molar-refractivity contribution in [1.29, 1.82) is 0 Å². The highest BCUT2D eigenvalue weighted by Gasteiger charge is 2.22. The molecule has 6 heteroatoms. The van der Waals surface area contributed by atoms with Crippen molar-refractivity contribution in [2.45, 2.75) is 6.54 Å². The van der Waals surface area contributed by atoms with E-state index in [-0.39, 0.29) is 17.9 Å². The Balaban J connectivity index is 2.20. The van der Waals surface area contributed by atoms with Gasteiger partial charge in [0.25, 0.3) is 0 Å². The second-order valence-electron chi connectivity index (χ2n) is 3.92. The number of phenols is 1. The summed E-state index contributed by atoms with van der Waals surface area (Å²) >= 11 is 0. The molecular weight excluding hydrogens is 238 g/mol. The van der Waals surface area contributed by atoms with E-state index >= 15 is 0 Å². The first kappa shape index (κ1) is 12.2. The molecular formula is C12H13NO5. The molecule has 0 unspecified atom stereocenters. The number of carbonyl (C=O) groups is 2. The molecule has 0 aromatic heterocycles. The summed E-state index contributed by atoms with van der Waals surface area (Å²) in [5.41, 5.74) is 0.898. The number of nitrogens with zero attached hydrogens (tertiary/aromatic N) is 1. The van der Waals surface area contributed by atoms with Gasteiger partial charge >= 0.3 is 12.1 Å². The zero-order valence-corrected chi connectivity index (χ0v) is 9.88. The smallest absolute Gasteiger partial charge is 0.410 e. The highest BCUT2D eigenvalue weighted by molar-refractivity contribution is 5.90. The van der Waals surface area contributed by atoms with E-state index in [1.165, 1.54) is 24.1 Å². The van der Waals surface area contributed by atoms with Crippen LogP contribution in [0.4, 0.5) is 4.79 Å². The molecule has 1 fully saturated rings. The highest BCUT2D eigenvalue weighted by atomic mass is 16.6. The van der Waals surface area contributed by atoms with Crippen LogP contribution in [0.3, 0.4) is 0 Å². The minimum atomic E-state index is -0.531. The molecule has 1 amide bonds. The Morgan fingerprint density at radius 3 is 2.89 bits per heavy atom. The standard InChI is InChI=1S/C12H13NO5/c1-17-11(15)9-4-8(5-10(14)6-9)7-13-2-3-18-12(13)16/h4-6,14H,2-3,7H2,1H3. The minimum Gasteiger partial charge on any atom is -0.508 e. The van der Waals surface area contributed by atoms with Crippen LogP contribution in [0.2, 0.25) is 0 Å². The van der Waals surface area contributed by atoms with Crippen LogP contribution in [0.25, 0.3) is 0 Å². The van der Waals surface area contributed by atoms with E-state index in [9.17, 15) is 14.7 Å². The fraction of sp³-hybridized carbons (Fsp3) is 0.333. The van der Waals surface area contributed by atoms with Crippen LogP contribution in [0.15, 0.2) is 18.2 Å². The van der Waals surface area contributed by atoms with Crippen molar-refractivity contribution in [2.75, 3.05) is 20.3 Å². The van der Waals surface area contributed by atoms with E-state index in [1.807, 2.05) is 0 Å². The molecule has 1 aliphatic heterocycles. The monoisotopic (exact) mass is 251 g/mol. The number of aromatic hydroxyl groups is 1. The summed E-state index contributed by atoms with van der Waals surface area (Å²) in [7, 11) is 1.27. The van der Waals surface area contributed by atoms with E-state index < -0.39 is 12.1 Å². The lowest BCUT2D eigenvalue weighted by molar-refractivity contribution is 0.0600. The van der Waals surface area contributed by atoms with Crippen molar-refractivity contribution < 1.29 is 24.2 Å². The number of hydrogen-bond donors (Lipinski definition) is 1. The molecule has 0 saturated carbocycles. The van der Waals surface area contributed by atoms with Crippen LogP contribution in [-0.4, -0.2) is 42.3 Å². The van der Waals surface area contributed by atoms with Gasteiger partial charge in [0.2, 0.25) is 0 Å². The number of cyclic esters (lactones) is 1. The average Bonchev–Trinajstić information content (AvgIpc) is 2.73. The molecule has 2 rings (SSSR count). The molecule has 0 radical (unpaired) electrons. The second-order valence-corrected chi connectivity index (χ2v) is 3.92. The van der Waals surface area contributed by atoms with Gasteiger partial charge in [-0.3, -0.25) is 0 Å². The molecule has 0 spiro atoms. The van der Waals surface area contributed by atoms with Crippen molar-refractivity contribution in [3.05, 3.63) is 29.3 Å². The third kappa shape index (κ3) is 2.53. The molecule has 0 atom stereocenters. The molecule has 6 nitrogen and oxygen atoms in total. The van der Waals surface area contributed by atoms with Gasteiger partial charge in [-0.25, -0.2) is 9.59 Å². The number of rotatable bonds is 3. The number of phenolic OH excluding ortho intramolecular Hbond substituents is 1. The second kappa shape index (κ2) is 4.95. The maximum Gasteiger partial charge on any atom is 0.410 e. The Hall–Kier alpha value is -2.24. The van der Waals surface area contributed by atoms with Crippen molar-refractivity contribution in [1.82, 2.24) is 4.90 Å². The van der Waals surface area contributed by atoms with Crippen molar-refractivity contribution >= 4 is 12.1 Å². The van der Waals surface area contributed by atoms with Crippen LogP contribution in [0.1, 0.15) is 15.9 Å². The molecule has 1 saturated heterocycles. The van der Waals surface area contributed by atoms with E-state index in [0.29, 0.717) is 18.7 Å². The Morgan fingerprint density at radius 1 is 1.50 bits per heavy atom. The van der Waals surface area contributed by atoms with Gasteiger partial charge < -0.3 is 19.5 Å². The maximum atomic E-state index is 11.4. The Morgan fingerprint density at radius 2 is 2.28 bits per heavy atom. The Bertz CT molecular complexity index is 485. The van der Waals surface area contributed by atoms with Crippen LogP contribution in [0, 0.1) is 0 Å². The van der Waals surface area contributed by atoms with Crippen LogP contribution >= 0.6 is 0 Å². The predicted molar refractivity (Wildman–Crippen MR) is 61.2 cm³/mol. The fourth-order valence-corrected chi connectivity index (χ4v) is 1.79. The first-order valence-corrected chi connectivity index (χ1v) is 5.43. The van der Waals surface area contributed by atoms with E-state index in [4.69, 9.17) is 4.74 Å².